The molecule has 1 aliphatic rings. The summed E-state index contributed by atoms with van der Waals surface area (Å²) in [7, 11) is 1.32. The number of carbonyl (C=O) groups is 1. The van der Waals surface area contributed by atoms with Crippen molar-refractivity contribution in [1.29, 1.82) is 0 Å². The second-order valence-electron chi connectivity index (χ2n) is 4.69. The first kappa shape index (κ1) is 12.3. The fraction of sp³-hybridized carbons (Fsp3) is 0.462. The highest BCUT2D eigenvalue weighted by Gasteiger charge is 2.24. The number of aromatic nitrogens is 2. The van der Waals surface area contributed by atoms with Crippen LogP contribution in [0.3, 0.4) is 0 Å². The van der Waals surface area contributed by atoms with Gasteiger partial charge < -0.3 is 4.74 Å². The van der Waals surface area contributed by atoms with Crippen molar-refractivity contribution >= 4 is 27.5 Å². The third-order valence-electron chi connectivity index (χ3n) is 3.61. The molecule has 1 atom stereocenters. The summed E-state index contributed by atoms with van der Waals surface area (Å²) < 4.78 is 6.04. The first-order valence-electron chi connectivity index (χ1n) is 6.22. The van der Waals surface area contributed by atoms with E-state index in [4.69, 9.17) is 0 Å². The van der Waals surface area contributed by atoms with Gasteiger partial charge in [-0.2, -0.15) is 0 Å². The number of aryl methyl sites for hydroxylation is 2. The van der Waals surface area contributed by atoms with E-state index in [1.54, 1.807) is 18.3 Å². The maximum atomic E-state index is 12.5. The molecule has 2 aromatic rings. The number of fused-ring (bicyclic) bond motifs is 3. The Kier molecular flexibility index (Phi) is 2.89. The zero-order chi connectivity index (χ0) is 13.6. The Balaban J connectivity index is 2.21. The number of rotatable bonds is 2. The summed E-state index contributed by atoms with van der Waals surface area (Å²) in [6, 6.07) is -0.647. The van der Waals surface area contributed by atoms with Gasteiger partial charge in [0.25, 0.3) is 5.56 Å². The number of ether oxygens (including phenoxy) is 1. The number of carbonyl (C=O) groups excluding carboxylic acids is 1. The van der Waals surface area contributed by atoms with Crippen LogP contribution in [0, 0.1) is 0 Å². The molecule has 0 radical (unpaired) electrons. The molecule has 100 valence electrons. The van der Waals surface area contributed by atoms with Crippen LogP contribution in [0.25, 0.3) is 10.2 Å². The number of hydrogen-bond acceptors (Lipinski definition) is 5. The van der Waals surface area contributed by atoms with Crippen LogP contribution >= 0.6 is 11.3 Å². The number of methoxy groups -OCH3 is 1. The lowest BCUT2D eigenvalue weighted by atomic mass is 10.2. The Morgan fingerprint density at radius 3 is 3.05 bits per heavy atom. The van der Waals surface area contributed by atoms with Crippen molar-refractivity contribution < 1.29 is 9.53 Å². The Morgan fingerprint density at radius 1 is 1.53 bits per heavy atom. The second-order valence-corrected chi connectivity index (χ2v) is 5.78. The van der Waals surface area contributed by atoms with Gasteiger partial charge in [0, 0.05) is 4.88 Å². The van der Waals surface area contributed by atoms with Crippen molar-refractivity contribution in [3.63, 3.8) is 0 Å². The number of hydrogen-bond donors (Lipinski definition) is 0. The molecule has 0 saturated heterocycles. The van der Waals surface area contributed by atoms with Crippen LogP contribution in [0.2, 0.25) is 0 Å². The van der Waals surface area contributed by atoms with Crippen LogP contribution in [-0.2, 0) is 22.4 Å². The molecule has 0 aliphatic heterocycles. The van der Waals surface area contributed by atoms with Crippen LogP contribution in [0.15, 0.2) is 11.1 Å². The Bertz CT molecular complexity index is 716. The zero-order valence-corrected chi connectivity index (χ0v) is 11.6. The van der Waals surface area contributed by atoms with Gasteiger partial charge in [-0.3, -0.25) is 9.36 Å². The molecule has 1 aliphatic carbocycles. The van der Waals surface area contributed by atoms with Crippen LogP contribution in [0.1, 0.15) is 29.8 Å². The summed E-state index contributed by atoms with van der Waals surface area (Å²) in [6.07, 6.45) is 4.50. The lowest BCUT2D eigenvalue weighted by Gasteiger charge is -2.12. The molecule has 2 aromatic heterocycles. The van der Waals surface area contributed by atoms with E-state index >= 15 is 0 Å². The molecular formula is C13H14N2O3S. The lowest BCUT2D eigenvalue weighted by molar-refractivity contribution is -0.144. The summed E-state index contributed by atoms with van der Waals surface area (Å²) in [5, 5.41) is 0.691. The van der Waals surface area contributed by atoms with Gasteiger partial charge in [0.05, 0.1) is 18.8 Å². The molecule has 0 amide bonds. The van der Waals surface area contributed by atoms with E-state index in [2.05, 4.69) is 9.72 Å². The fourth-order valence-electron chi connectivity index (χ4n) is 2.56. The monoisotopic (exact) mass is 278 g/mol. The maximum Gasteiger partial charge on any atom is 0.328 e. The van der Waals surface area contributed by atoms with Crippen LogP contribution in [0.5, 0.6) is 0 Å². The average Bonchev–Trinajstić information content (AvgIpc) is 2.97. The van der Waals surface area contributed by atoms with Crippen molar-refractivity contribution in [2.75, 3.05) is 7.11 Å². The minimum Gasteiger partial charge on any atom is -0.467 e. The quantitative estimate of drug-likeness (QED) is 0.784. The van der Waals surface area contributed by atoms with E-state index in [0.717, 1.165) is 29.7 Å². The molecule has 0 fully saturated rings. The predicted octanol–water partition coefficient (Wildman–Crippen LogP) is 1.68. The van der Waals surface area contributed by atoms with Crippen molar-refractivity contribution in [2.24, 2.45) is 0 Å². The molecule has 0 bridgehead atoms. The molecule has 0 aromatic carbocycles. The molecule has 0 saturated carbocycles. The highest BCUT2D eigenvalue weighted by molar-refractivity contribution is 7.18. The molecule has 19 heavy (non-hydrogen) atoms. The molecule has 5 nitrogen and oxygen atoms in total. The first-order valence-corrected chi connectivity index (χ1v) is 7.04. The lowest BCUT2D eigenvalue weighted by Crippen LogP contribution is -2.29. The van der Waals surface area contributed by atoms with E-state index in [1.807, 2.05) is 0 Å². The highest BCUT2D eigenvalue weighted by atomic mass is 32.1. The standard InChI is InChI=1S/C13H14N2O3S/c1-7(13(17)18-2)15-6-14-11-10(12(15)16)8-4-3-5-9(8)19-11/h6-7H,3-5H2,1-2H3/t7-/m0/s1. The van der Waals surface area contributed by atoms with Gasteiger partial charge >= 0.3 is 5.97 Å². The molecule has 0 spiro atoms. The van der Waals surface area contributed by atoms with E-state index in [1.165, 1.54) is 22.9 Å². The predicted molar refractivity (Wildman–Crippen MR) is 72.6 cm³/mol. The normalized spacial score (nSPS) is 15.5. The van der Waals surface area contributed by atoms with E-state index in [-0.39, 0.29) is 5.56 Å². The molecule has 3 rings (SSSR count). The van der Waals surface area contributed by atoms with Gasteiger partial charge in [0.1, 0.15) is 10.9 Å². The van der Waals surface area contributed by atoms with Crippen molar-refractivity contribution in [1.82, 2.24) is 9.55 Å². The second kappa shape index (κ2) is 4.45. The highest BCUT2D eigenvalue weighted by Crippen LogP contribution is 2.34. The van der Waals surface area contributed by atoms with Gasteiger partial charge in [-0.25, -0.2) is 9.78 Å². The van der Waals surface area contributed by atoms with E-state index < -0.39 is 12.0 Å². The number of esters is 1. The van der Waals surface area contributed by atoms with Gasteiger partial charge in [-0.15, -0.1) is 11.3 Å². The summed E-state index contributed by atoms with van der Waals surface area (Å²) in [5.74, 6) is -0.435. The maximum absolute atomic E-state index is 12.5. The molecular weight excluding hydrogens is 264 g/mol. The summed E-state index contributed by atoms with van der Waals surface area (Å²) in [6.45, 7) is 1.65. The van der Waals surface area contributed by atoms with E-state index in [9.17, 15) is 9.59 Å². The van der Waals surface area contributed by atoms with Gasteiger partial charge in [-0.05, 0) is 31.7 Å². The molecule has 6 heteroatoms. The minimum absolute atomic E-state index is 0.137. The van der Waals surface area contributed by atoms with Crippen LogP contribution in [0.4, 0.5) is 0 Å². The van der Waals surface area contributed by atoms with Crippen LogP contribution < -0.4 is 5.56 Å². The summed E-state index contributed by atoms with van der Waals surface area (Å²) in [4.78, 5) is 30.5. The van der Waals surface area contributed by atoms with Crippen molar-refractivity contribution in [2.45, 2.75) is 32.2 Å². The van der Waals surface area contributed by atoms with Gasteiger partial charge in [-0.1, -0.05) is 0 Å². The molecule has 0 unspecified atom stereocenters. The smallest absolute Gasteiger partial charge is 0.328 e. The minimum atomic E-state index is -0.647. The molecule has 0 N–H and O–H groups in total. The fourth-order valence-corrected chi connectivity index (χ4v) is 3.78. The Morgan fingerprint density at radius 2 is 2.32 bits per heavy atom. The number of thiophene rings is 1. The van der Waals surface area contributed by atoms with Gasteiger partial charge in [0.15, 0.2) is 0 Å². The first-order chi connectivity index (χ1) is 9.13. The van der Waals surface area contributed by atoms with Crippen molar-refractivity contribution in [3.05, 3.63) is 27.1 Å². The average molecular weight is 278 g/mol. The molecule has 2 heterocycles. The third kappa shape index (κ3) is 1.78. The Hall–Kier alpha value is -1.69. The largest absolute Gasteiger partial charge is 0.467 e. The van der Waals surface area contributed by atoms with E-state index in [0.29, 0.717) is 5.39 Å². The zero-order valence-electron chi connectivity index (χ0n) is 10.8. The number of nitrogens with zero attached hydrogens (tertiary/aromatic N) is 2. The Labute approximate surface area is 113 Å². The third-order valence-corrected chi connectivity index (χ3v) is 4.81. The summed E-state index contributed by atoms with van der Waals surface area (Å²) in [5.41, 5.74) is 0.992. The van der Waals surface area contributed by atoms with Crippen molar-refractivity contribution in [3.8, 4) is 0 Å². The van der Waals surface area contributed by atoms with Gasteiger partial charge in [0.2, 0.25) is 0 Å². The summed E-state index contributed by atoms with van der Waals surface area (Å²) >= 11 is 1.59. The van der Waals surface area contributed by atoms with Crippen LogP contribution in [-0.4, -0.2) is 22.6 Å². The SMILES string of the molecule is COC(=O)[C@H](C)n1cnc2sc3c(c2c1=O)CCC3. The topological polar surface area (TPSA) is 61.2 Å².